The molecule has 6 nitrogen and oxygen atoms in total. The standard InChI is InChI=1S/C17H20N4O2/c1-3-23-17(22)14-16(21-10-4-5-11-21)18-15(20-19-14)13-8-6-12(2)7-9-13/h6-9H,3-5,10-11H2,1-2H3. The predicted molar refractivity (Wildman–Crippen MR) is 87.4 cm³/mol. The number of carbonyl (C=O) groups excluding carboxylic acids is 1. The van der Waals surface area contributed by atoms with Gasteiger partial charge in [-0.05, 0) is 26.7 Å². The molecule has 1 aliphatic rings. The summed E-state index contributed by atoms with van der Waals surface area (Å²) < 4.78 is 5.08. The third-order valence-corrected chi connectivity index (χ3v) is 3.85. The zero-order valence-corrected chi connectivity index (χ0v) is 13.5. The van der Waals surface area contributed by atoms with Gasteiger partial charge < -0.3 is 9.64 Å². The molecule has 2 aromatic rings. The molecule has 120 valence electrons. The normalized spacial score (nSPS) is 14.1. The summed E-state index contributed by atoms with van der Waals surface area (Å²) in [6.45, 7) is 5.86. The minimum absolute atomic E-state index is 0.199. The van der Waals surface area contributed by atoms with Crippen molar-refractivity contribution in [3.8, 4) is 11.4 Å². The van der Waals surface area contributed by atoms with Crippen LogP contribution in [0.2, 0.25) is 0 Å². The van der Waals surface area contributed by atoms with E-state index < -0.39 is 5.97 Å². The molecule has 0 radical (unpaired) electrons. The van der Waals surface area contributed by atoms with Crippen molar-refractivity contribution in [3.63, 3.8) is 0 Å². The maximum Gasteiger partial charge on any atom is 0.362 e. The van der Waals surface area contributed by atoms with Gasteiger partial charge in [-0.3, -0.25) is 0 Å². The van der Waals surface area contributed by atoms with E-state index >= 15 is 0 Å². The van der Waals surface area contributed by atoms with Crippen LogP contribution in [-0.2, 0) is 4.74 Å². The van der Waals surface area contributed by atoms with Crippen LogP contribution in [0.3, 0.4) is 0 Å². The number of hydrogen-bond donors (Lipinski definition) is 0. The van der Waals surface area contributed by atoms with E-state index in [-0.39, 0.29) is 5.69 Å². The number of hydrogen-bond acceptors (Lipinski definition) is 6. The van der Waals surface area contributed by atoms with Crippen molar-refractivity contribution < 1.29 is 9.53 Å². The van der Waals surface area contributed by atoms with Crippen molar-refractivity contribution in [2.45, 2.75) is 26.7 Å². The number of esters is 1. The lowest BCUT2D eigenvalue weighted by Gasteiger charge is -2.18. The molecule has 0 atom stereocenters. The molecule has 1 aliphatic heterocycles. The average Bonchev–Trinajstić information content (AvgIpc) is 3.09. The summed E-state index contributed by atoms with van der Waals surface area (Å²) in [7, 11) is 0. The lowest BCUT2D eigenvalue weighted by molar-refractivity contribution is 0.0518. The molecule has 0 spiro atoms. The third-order valence-electron chi connectivity index (χ3n) is 3.85. The van der Waals surface area contributed by atoms with E-state index in [1.54, 1.807) is 6.92 Å². The van der Waals surface area contributed by atoms with E-state index in [2.05, 4.69) is 20.1 Å². The van der Waals surface area contributed by atoms with Gasteiger partial charge in [0.15, 0.2) is 11.6 Å². The molecule has 0 bridgehead atoms. The third kappa shape index (κ3) is 3.31. The molecule has 6 heteroatoms. The summed E-state index contributed by atoms with van der Waals surface area (Å²) in [5.74, 6) is 0.635. The number of anilines is 1. The summed E-state index contributed by atoms with van der Waals surface area (Å²) in [6, 6.07) is 7.94. The monoisotopic (exact) mass is 312 g/mol. The Morgan fingerprint density at radius 3 is 2.52 bits per heavy atom. The molecule has 0 aliphatic carbocycles. The van der Waals surface area contributed by atoms with Crippen LogP contribution in [0.1, 0.15) is 35.8 Å². The van der Waals surface area contributed by atoms with E-state index in [1.165, 1.54) is 5.56 Å². The Morgan fingerprint density at radius 2 is 1.87 bits per heavy atom. The first kappa shape index (κ1) is 15.4. The second-order valence-electron chi connectivity index (χ2n) is 5.59. The first-order valence-electron chi connectivity index (χ1n) is 7.93. The SMILES string of the molecule is CCOC(=O)c1nnc(-c2ccc(C)cc2)nc1N1CCCC1. The highest BCUT2D eigenvalue weighted by Gasteiger charge is 2.25. The van der Waals surface area contributed by atoms with Gasteiger partial charge in [0.25, 0.3) is 0 Å². The van der Waals surface area contributed by atoms with Gasteiger partial charge in [-0.2, -0.15) is 0 Å². The minimum Gasteiger partial charge on any atom is -0.461 e. The van der Waals surface area contributed by atoms with Gasteiger partial charge in [0.2, 0.25) is 5.69 Å². The van der Waals surface area contributed by atoms with Crippen molar-refractivity contribution in [2.75, 3.05) is 24.6 Å². The quantitative estimate of drug-likeness (QED) is 0.808. The van der Waals surface area contributed by atoms with Gasteiger partial charge >= 0.3 is 5.97 Å². The molecule has 1 saturated heterocycles. The lowest BCUT2D eigenvalue weighted by Crippen LogP contribution is -2.24. The summed E-state index contributed by atoms with van der Waals surface area (Å²) in [6.07, 6.45) is 2.18. The number of ether oxygens (including phenoxy) is 1. The summed E-state index contributed by atoms with van der Waals surface area (Å²) in [4.78, 5) is 18.8. The van der Waals surface area contributed by atoms with Gasteiger partial charge in [-0.25, -0.2) is 9.78 Å². The molecule has 1 fully saturated rings. The molecule has 0 unspecified atom stereocenters. The average molecular weight is 312 g/mol. The highest BCUT2D eigenvalue weighted by molar-refractivity contribution is 5.92. The van der Waals surface area contributed by atoms with E-state index in [9.17, 15) is 4.79 Å². The van der Waals surface area contributed by atoms with Crippen molar-refractivity contribution >= 4 is 11.8 Å². The van der Waals surface area contributed by atoms with E-state index in [0.717, 1.165) is 31.5 Å². The number of aryl methyl sites for hydroxylation is 1. The first-order valence-corrected chi connectivity index (χ1v) is 7.93. The molecule has 2 heterocycles. The highest BCUT2D eigenvalue weighted by Crippen LogP contribution is 2.24. The van der Waals surface area contributed by atoms with Gasteiger partial charge in [-0.15, -0.1) is 10.2 Å². The minimum atomic E-state index is -0.468. The van der Waals surface area contributed by atoms with Crippen molar-refractivity contribution in [2.24, 2.45) is 0 Å². The van der Waals surface area contributed by atoms with Crippen LogP contribution in [0.25, 0.3) is 11.4 Å². The molecule has 0 saturated carbocycles. The Labute approximate surface area is 135 Å². The van der Waals surface area contributed by atoms with Gasteiger partial charge in [0.1, 0.15) is 0 Å². The molecule has 0 amide bonds. The zero-order chi connectivity index (χ0) is 16.2. The van der Waals surface area contributed by atoms with Crippen LogP contribution in [0.15, 0.2) is 24.3 Å². The second kappa shape index (κ2) is 6.73. The van der Waals surface area contributed by atoms with Crippen LogP contribution >= 0.6 is 0 Å². The summed E-state index contributed by atoms with van der Waals surface area (Å²) in [5.41, 5.74) is 2.26. The Bertz CT molecular complexity index is 694. The van der Waals surface area contributed by atoms with Crippen LogP contribution in [0.4, 0.5) is 5.82 Å². The molecule has 1 aromatic heterocycles. The van der Waals surface area contributed by atoms with Gasteiger partial charge in [0, 0.05) is 18.7 Å². The Hall–Kier alpha value is -2.50. The summed E-state index contributed by atoms with van der Waals surface area (Å²) >= 11 is 0. The Morgan fingerprint density at radius 1 is 1.17 bits per heavy atom. The zero-order valence-electron chi connectivity index (χ0n) is 13.5. The Kier molecular flexibility index (Phi) is 4.50. The predicted octanol–water partition coefficient (Wildman–Crippen LogP) is 2.62. The molecule has 0 N–H and O–H groups in total. The maximum absolute atomic E-state index is 12.1. The first-order chi connectivity index (χ1) is 11.2. The second-order valence-corrected chi connectivity index (χ2v) is 5.59. The number of nitrogens with zero attached hydrogens (tertiary/aromatic N) is 4. The fourth-order valence-corrected chi connectivity index (χ4v) is 2.62. The van der Waals surface area contributed by atoms with Gasteiger partial charge in [-0.1, -0.05) is 29.8 Å². The molecular formula is C17H20N4O2. The summed E-state index contributed by atoms with van der Waals surface area (Å²) in [5, 5.41) is 8.24. The lowest BCUT2D eigenvalue weighted by atomic mass is 10.1. The molecule has 3 rings (SSSR count). The Balaban J connectivity index is 2.01. The van der Waals surface area contributed by atoms with Crippen LogP contribution in [-0.4, -0.2) is 40.8 Å². The number of rotatable bonds is 4. The van der Waals surface area contributed by atoms with Crippen LogP contribution in [0, 0.1) is 6.92 Å². The fraction of sp³-hybridized carbons (Fsp3) is 0.412. The van der Waals surface area contributed by atoms with Crippen molar-refractivity contribution in [1.82, 2.24) is 15.2 Å². The van der Waals surface area contributed by atoms with Crippen LogP contribution in [0.5, 0.6) is 0 Å². The van der Waals surface area contributed by atoms with Crippen LogP contribution < -0.4 is 4.90 Å². The van der Waals surface area contributed by atoms with E-state index in [1.807, 2.05) is 31.2 Å². The number of aromatic nitrogens is 3. The molecular weight excluding hydrogens is 292 g/mol. The highest BCUT2D eigenvalue weighted by atomic mass is 16.5. The maximum atomic E-state index is 12.1. The number of benzene rings is 1. The van der Waals surface area contributed by atoms with Crippen molar-refractivity contribution in [1.29, 1.82) is 0 Å². The molecule has 1 aromatic carbocycles. The van der Waals surface area contributed by atoms with Gasteiger partial charge in [0.05, 0.1) is 6.61 Å². The molecule has 23 heavy (non-hydrogen) atoms. The number of carbonyl (C=O) groups is 1. The smallest absolute Gasteiger partial charge is 0.362 e. The topological polar surface area (TPSA) is 68.2 Å². The largest absolute Gasteiger partial charge is 0.461 e. The van der Waals surface area contributed by atoms with Crippen molar-refractivity contribution in [3.05, 3.63) is 35.5 Å². The van der Waals surface area contributed by atoms with E-state index in [0.29, 0.717) is 18.2 Å². The fourth-order valence-electron chi connectivity index (χ4n) is 2.62. The van der Waals surface area contributed by atoms with E-state index in [4.69, 9.17) is 4.74 Å².